The number of carbonyl (C=O) groups excluding carboxylic acids is 2. The number of aldehydes is 1. The lowest BCUT2D eigenvalue weighted by Crippen LogP contribution is -2.12. The lowest BCUT2D eigenvalue weighted by atomic mass is 10.1. The van der Waals surface area contributed by atoms with Crippen LogP contribution in [0, 0.1) is 5.82 Å². The van der Waals surface area contributed by atoms with Gasteiger partial charge in [-0.15, -0.1) is 0 Å². The fourth-order valence-corrected chi connectivity index (χ4v) is 1.23. The zero-order valence-electron chi connectivity index (χ0n) is 8.98. The molecule has 0 N–H and O–H groups in total. The van der Waals surface area contributed by atoms with Gasteiger partial charge in [0.25, 0.3) is 0 Å². The molecule has 0 aliphatic heterocycles. The molecule has 1 aromatic rings. The molecule has 0 aliphatic rings. The van der Waals surface area contributed by atoms with E-state index in [1.165, 1.54) is 24.3 Å². The van der Waals surface area contributed by atoms with Crippen molar-refractivity contribution in [3.05, 3.63) is 35.6 Å². The van der Waals surface area contributed by atoms with Gasteiger partial charge in [0.05, 0.1) is 0 Å². The van der Waals surface area contributed by atoms with Crippen LogP contribution in [-0.4, -0.2) is 12.3 Å². The molecule has 0 heterocycles. The van der Waals surface area contributed by atoms with Crippen molar-refractivity contribution in [2.24, 2.45) is 0 Å². The first-order chi connectivity index (χ1) is 7.67. The first kappa shape index (κ1) is 12.4. The van der Waals surface area contributed by atoms with Gasteiger partial charge in [0, 0.05) is 6.42 Å². The molecule has 86 valence electrons. The van der Waals surface area contributed by atoms with E-state index in [4.69, 9.17) is 4.74 Å². The fourth-order valence-electron chi connectivity index (χ4n) is 1.23. The number of hydrogen-bond donors (Lipinski definition) is 0. The lowest BCUT2D eigenvalue weighted by molar-refractivity contribution is -0.152. The number of benzene rings is 1. The van der Waals surface area contributed by atoms with E-state index in [0.717, 1.165) is 0 Å². The smallest absolute Gasteiger partial charge is 0.306 e. The van der Waals surface area contributed by atoms with Crippen LogP contribution in [0.25, 0.3) is 0 Å². The minimum absolute atomic E-state index is 0.269. The average Bonchev–Trinajstić information content (AvgIpc) is 2.27. The molecular formula is C12H13FO3. The molecule has 0 aromatic heterocycles. The van der Waals surface area contributed by atoms with Crippen molar-refractivity contribution in [3.8, 4) is 0 Å². The summed E-state index contributed by atoms with van der Waals surface area (Å²) in [5, 5.41) is 0. The maximum atomic E-state index is 12.6. The van der Waals surface area contributed by atoms with Crippen LogP contribution in [0.3, 0.4) is 0 Å². The highest BCUT2D eigenvalue weighted by atomic mass is 19.1. The fraction of sp³-hybridized carbons (Fsp3) is 0.333. The molecule has 0 saturated heterocycles. The van der Waals surface area contributed by atoms with Gasteiger partial charge in [-0.3, -0.25) is 9.59 Å². The van der Waals surface area contributed by atoms with Crippen molar-refractivity contribution in [2.45, 2.75) is 25.9 Å². The molecule has 1 rings (SSSR count). The molecule has 1 aromatic carbocycles. The van der Waals surface area contributed by atoms with Gasteiger partial charge in [0.1, 0.15) is 5.82 Å². The monoisotopic (exact) mass is 224 g/mol. The minimum Gasteiger partial charge on any atom is -0.450 e. The van der Waals surface area contributed by atoms with Crippen LogP contribution in [0.4, 0.5) is 4.39 Å². The minimum atomic E-state index is -0.945. The third kappa shape index (κ3) is 3.46. The van der Waals surface area contributed by atoms with Crippen LogP contribution < -0.4 is 0 Å². The summed E-state index contributed by atoms with van der Waals surface area (Å²) in [6.45, 7) is 1.84. The Hall–Kier alpha value is -1.71. The van der Waals surface area contributed by atoms with Gasteiger partial charge in [0.15, 0.2) is 12.4 Å². The van der Waals surface area contributed by atoms with Crippen molar-refractivity contribution in [1.82, 2.24) is 0 Å². The Labute approximate surface area is 93.2 Å². The molecule has 4 heteroatoms. The van der Waals surface area contributed by atoms with Crippen LogP contribution in [0.15, 0.2) is 24.3 Å². The van der Waals surface area contributed by atoms with Gasteiger partial charge in [-0.2, -0.15) is 0 Å². The molecule has 1 unspecified atom stereocenters. The SMILES string of the molecule is CCCC(=O)OC(C=O)c1ccc(F)cc1. The van der Waals surface area contributed by atoms with E-state index >= 15 is 0 Å². The predicted molar refractivity (Wildman–Crippen MR) is 56.2 cm³/mol. The largest absolute Gasteiger partial charge is 0.450 e. The van der Waals surface area contributed by atoms with Crippen LogP contribution in [-0.2, 0) is 14.3 Å². The van der Waals surface area contributed by atoms with E-state index in [2.05, 4.69) is 0 Å². The van der Waals surface area contributed by atoms with Crippen molar-refractivity contribution in [1.29, 1.82) is 0 Å². The summed E-state index contributed by atoms with van der Waals surface area (Å²) in [5.74, 6) is -0.822. The first-order valence-corrected chi connectivity index (χ1v) is 5.07. The molecule has 0 amide bonds. The summed E-state index contributed by atoms with van der Waals surface area (Å²) in [5.41, 5.74) is 0.473. The molecule has 0 bridgehead atoms. The molecule has 3 nitrogen and oxygen atoms in total. The van der Waals surface area contributed by atoms with Gasteiger partial charge >= 0.3 is 5.97 Å². The number of rotatable bonds is 5. The Balaban J connectivity index is 2.71. The van der Waals surface area contributed by atoms with Gasteiger partial charge in [0.2, 0.25) is 0 Å². The third-order valence-electron chi connectivity index (χ3n) is 2.03. The Morgan fingerprint density at radius 1 is 1.44 bits per heavy atom. The van der Waals surface area contributed by atoms with E-state index in [-0.39, 0.29) is 6.42 Å². The van der Waals surface area contributed by atoms with E-state index in [0.29, 0.717) is 18.3 Å². The highest BCUT2D eigenvalue weighted by molar-refractivity contribution is 5.73. The van der Waals surface area contributed by atoms with Crippen molar-refractivity contribution >= 4 is 12.3 Å². The van der Waals surface area contributed by atoms with Crippen molar-refractivity contribution in [3.63, 3.8) is 0 Å². The molecule has 0 aliphatic carbocycles. The highest BCUT2D eigenvalue weighted by Gasteiger charge is 2.15. The predicted octanol–water partition coefficient (Wildman–Crippen LogP) is 2.41. The topological polar surface area (TPSA) is 43.4 Å². The average molecular weight is 224 g/mol. The number of ether oxygens (including phenoxy) is 1. The van der Waals surface area contributed by atoms with E-state index < -0.39 is 17.9 Å². The van der Waals surface area contributed by atoms with Gasteiger partial charge in [-0.1, -0.05) is 19.1 Å². The zero-order valence-corrected chi connectivity index (χ0v) is 8.98. The Morgan fingerprint density at radius 2 is 2.06 bits per heavy atom. The maximum absolute atomic E-state index is 12.6. The molecule has 0 fully saturated rings. The summed E-state index contributed by atoms with van der Waals surface area (Å²) >= 11 is 0. The summed E-state index contributed by atoms with van der Waals surface area (Å²) in [6, 6.07) is 5.29. The summed E-state index contributed by atoms with van der Waals surface area (Å²) in [4.78, 5) is 22.0. The normalized spacial score (nSPS) is 11.9. The number of halogens is 1. The number of esters is 1. The van der Waals surface area contributed by atoms with Crippen LogP contribution in [0.1, 0.15) is 31.4 Å². The number of carbonyl (C=O) groups is 2. The zero-order chi connectivity index (χ0) is 12.0. The van der Waals surface area contributed by atoms with Crippen LogP contribution in [0.5, 0.6) is 0 Å². The molecule has 0 saturated carbocycles. The van der Waals surface area contributed by atoms with Crippen LogP contribution >= 0.6 is 0 Å². The van der Waals surface area contributed by atoms with E-state index in [1.54, 1.807) is 0 Å². The van der Waals surface area contributed by atoms with Crippen LogP contribution in [0.2, 0.25) is 0 Å². The van der Waals surface area contributed by atoms with Gasteiger partial charge in [-0.25, -0.2) is 4.39 Å². The number of hydrogen-bond acceptors (Lipinski definition) is 3. The first-order valence-electron chi connectivity index (χ1n) is 5.07. The molecule has 16 heavy (non-hydrogen) atoms. The maximum Gasteiger partial charge on any atom is 0.306 e. The molecule has 0 spiro atoms. The second-order valence-corrected chi connectivity index (χ2v) is 3.35. The summed E-state index contributed by atoms with van der Waals surface area (Å²) in [6.07, 6.45) is 0.514. The van der Waals surface area contributed by atoms with Gasteiger partial charge < -0.3 is 4.74 Å². The Kier molecular flexibility index (Phi) is 4.64. The second-order valence-electron chi connectivity index (χ2n) is 3.35. The molecule has 1 atom stereocenters. The van der Waals surface area contributed by atoms with E-state index in [1.807, 2.05) is 6.92 Å². The quantitative estimate of drug-likeness (QED) is 0.569. The van der Waals surface area contributed by atoms with Crippen molar-refractivity contribution in [2.75, 3.05) is 0 Å². The van der Waals surface area contributed by atoms with E-state index in [9.17, 15) is 14.0 Å². The molecule has 0 radical (unpaired) electrons. The summed E-state index contributed by atoms with van der Waals surface area (Å²) in [7, 11) is 0. The highest BCUT2D eigenvalue weighted by Crippen LogP contribution is 2.16. The Morgan fingerprint density at radius 3 is 2.56 bits per heavy atom. The Bertz CT molecular complexity index is 359. The standard InChI is InChI=1S/C12H13FO3/c1-2-3-12(15)16-11(8-14)9-4-6-10(13)7-5-9/h4-8,11H,2-3H2,1H3. The summed E-state index contributed by atoms with van der Waals surface area (Å²) < 4.78 is 17.6. The van der Waals surface area contributed by atoms with Gasteiger partial charge in [-0.05, 0) is 24.1 Å². The third-order valence-corrected chi connectivity index (χ3v) is 2.03. The second kappa shape index (κ2) is 6.00. The lowest BCUT2D eigenvalue weighted by Gasteiger charge is -2.11. The van der Waals surface area contributed by atoms with Crippen molar-refractivity contribution < 1.29 is 18.7 Å². The molecular weight excluding hydrogens is 211 g/mol.